The molecular formula is C20H30O. The maximum atomic E-state index is 11.4. The molecule has 1 aromatic rings. The summed E-state index contributed by atoms with van der Waals surface area (Å²) in [4.78, 5) is 11.4. The lowest BCUT2D eigenvalue weighted by Crippen LogP contribution is -2.21. The van der Waals surface area contributed by atoms with E-state index in [4.69, 9.17) is 0 Å². The molecule has 0 bridgehead atoms. The highest BCUT2D eigenvalue weighted by Gasteiger charge is 2.28. The van der Waals surface area contributed by atoms with Crippen LogP contribution in [0.2, 0.25) is 0 Å². The van der Waals surface area contributed by atoms with Crippen molar-refractivity contribution in [3.63, 3.8) is 0 Å². The zero-order chi connectivity index (χ0) is 15.2. The van der Waals surface area contributed by atoms with Gasteiger partial charge in [-0.15, -0.1) is 0 Å². The zero-order valence-electron chi connectivity index (χ0n) is 13.9. The molecule has 1 saturated carbocycles. The molecular weight excluding hydrogens is 256 g/mol. The molecule has 2 rings (SSSR count). The lowest BCUT2D eigenvalue weighted by atomic mass is 9.71. The van der Waals surface area contributed by atoms with Crippen molar-refractivity contribution < 1.29 is 4.79 Å². The van der Waals surface area contributed by atoms with Gasteiger partial charge < -0.3 is 0 Å². The summed E-state index contributed by atoms with van der Waals surface area (Å²) in [5.41, 5.74) is 2.26. The summed E-state index contributed by atoms with van der Waals surface area (Å²) >= 11 is 0. The number of unbranched alkanes of at least 4 members (excludes halogenated alkanes) is 2. The number of Topliss-reactive ketones (excluding diaryl/α,β-unsaturated/α-hetero) is 1. The Morgan fingerprint density at radius 1 is 1.14 bits per heavy atom. The average Bonchev–Trinajstić information content (AvgIpc) is 2.48. The molecule has 1 heteroatoms. The number of ketones is 1. The molecule has 1 aromatic carbocycles. The van der Waals surface area contributed by atoms with Crippen LogP contribution in [0.5, 0.6) is 0 Å². The first kappa shape index (κ1) is 16.3. The second-order valence-electron chi connectivity index (χ2n) is 6.94. The van der Waals surface area contributed by atoms with E-state index in [1.54, 1.807) is 6.92 Å². The van der Waals surface area contributed by atoms with Gasteiger partial charge in [0.05, 0.1) is 0 Å². The maximum Gasteiger partial charge on any atom is 0.159 e. The van der Waals surface area contributed by atoms with Gasteiger partial charge in [-0.1, -0.05) is 63.8 Å². The van der Waals surface area contributed by atoms with E-state index in [0.29, 0.717) is 5.92 Å². The van der Waals surface area contributed by atoms with Crippen LogP contribution in [-0.4, -0.2) is 5.78 Å². The lowest BCUT2D eigenvalue weighted by Gasteiger charge is -2.34. The second kappa shape index (κ2) is 7.77. The molecule has 0 heterocycles. The summed E-state index contributed by atoms with van der Waals surface area (Å²) in [6.45, 7) is 6.33. The van der Waals surface area contributed by atoms with E-state index in [-0.39, 0.29) is 5.78 Å². The molecule has 0 radical (unpaired) electrons. The molecule has 3 unspecified atom stereocenters. The van der Waals surface area contributed by atoms with Gasteiger partial charge in [-0.05, 0) is 49.5 Å². The topological polar surface area (TPSA) is 17.1 Å². The fourth-order valence-electron chi connectivity index (χ4n) is 3.91. The van der Waals surface area contributed by atoms with Gasteiger partial charge in [0.25, 0.3) is 0 Å². The Morgan fingerprint density at radius 3 is 2.43 bits per heavy atom. The minimum absolute atomic E-state index is 0.161. The predicted octanol–water partition coefficient (Wildman–Crippen LogP) is 5.99. The molecule has 3 atom stereocenters. The summed E-state index contributed by atoms with van der Waals surface area (Å²) in [6, 6.07) is 8.35. The third-order valence-corrected chi connectivity index (χ3v) is 5.24. The smallest absolute Gasteiger partial charge is 0.159 e. The average molecular weight is 286 g/mol. The number of hydrogen-bond acceptors (Lipinski definition) is 1. The molecule has 1 nitrogen and oxygen atoms in total. The van der Waals surface area contributed by atoms with Gasteiger partial charge in [-0.3, -0.25) is 4.79 Å². The first-order valence-electron chi connectivity index (χ1n) is 8.72. The molecule has 1 aliphatic carbocycles. The number of carbonyl (C=O) groups is 1. The van der Waals surface area contributed by atoms with Crippen LogP contribution in [-0.2, 0) is 0 Å². The van der Waals surface area contributed by atoms with Crippen LogP contribution in [0.15, 0.2) is 24.3 Å². The van der Waals surface area contributed by atoms with Crippen LogP contribution in [0.25, 0.3) is 0 Å². The van der Waals surface area contributed by atoms with E-state index >= 15 is 0 Å². The molecule has 0 saturated heterocycles. The van der Waals surface area contributed by atoms with Gasteiger partial charge in [0.2, 0.25) is 0 Å². The highest BCUT2D eigenvalue weighted by molar-refractivity contribution is 5.94. The Hall–Kier alpha value is -1.11. The second-order valence-corrected chi connectivity index (χ2v) is 6.94. The van der Waals surface area contributed by atoms with Gasteiger partial charge in [-0.2, -0.15) is 0 Å². The zero-order valence-corrected chi connectivity index (χ0v) is 13.9. The van der Waals surface area contributed by atoms with Crippen LogP contribution in [0, 0.1) is 11.8 Å². The third kappa shape index (κ3) is 4.43. The van der Waals surface area contributed by atoms with Gasteiger partial charge in [0, 0.05) is 5.56 Å². The van der Waals surface area contributed by atoms with E-state index in [2.05, 4.69) is 26.0 Å². The third-order valence-electron chi connectivity index (χ3n) is 5.24. The van der Waals surface area contributed by atoms with Gasteiger partial charge in [0.1, 0.15) is 0 Å². The van der Waals surface area contributed by atoms with E-state index in [1.807, 2.05) is 12.1 Å². The fourth-order valence-corrected chi connectivity index (χ4v) is 3.91. The fraction of sp³-hybridized carbons (Fsp3) is 0.650. The van der Waals surface area contributed by atoms with Crippen molar-refractivity contribution in [3.05, 3.63) is 35.4 Å². The van der Waals surface area contributed by atoms with Crippen molar-refractivity contribution in [1.82, 2.24) is 0 Å². The number of rotatable bonds is 6. The summed E-state index contributed by atoms with van der Waals surface area (Å²) < 4.78 is 0. The van der Waals surface area contributed by atoms with Gasteiger partial charge in [-0.25, -0.2) is 0 Å². The van der Waals surface area contributed by atoms with E-state index in [9.17, 15) is 4.79 Å². The van der Waals surface area contributed by atoms with Crippen LogP contribution in [0.3, 0.4) is 0 Å². The Balaban J connectivity index is 1.92. The van der Waals surface area contributed by atoms with Gasteiger partial charge >= 0.3 is 0 Å². The largest absolute Gasteiger partial charge is 0.295 e. The minimum Gasteiger partial charge on any atom is -0.295 e. The molecule has 1 aliphatic rings. The van der Waals surface area contributed by atoms with Crippen LogP contribution in [0.1, 0.15) is 87.6 Å². The number of hydrogen-bond donors (Lipinski definition) is 0. The first-order chi connectivity index (χ1) is 10.1. The van der Waals surface area contributed by atoms with Crippen LogP contribution in [0.4, 0.5) is 0 Å². The van der Waals surface area contributed by atoms with Crippen molar-refractivity contribution in [2.45, 2.75) is 71.6 Å². The van der Waals surface area contributed by atoms with E-state index in [0.717, 1.165) is 17.4 Å². The van der Waals surface area contributed by atoms with Crippen LogP contribution >= 0.6 is 0 Å². The maximum absolute atomic E-state index is 11.4. The summed E-state index contributed by atoms with van der Waals surface area (Å²) in [7, 11) is 0. The number of carbonyl (C=O) groups excluding carboxylic acids is 1. The Kier molecular flexibility index (Phi) is 6.02. The molecule has 0 aromatic heterocycles. The molecule has 21 heavy (non-hydrogen) atoms. The first-order valence-corrected chi connectivity index (χ1v) is 8.72. The molecule has 0 amide bonds. The summed E-state index contributed by atoms with van der Waals surface area (Å²) in [6.07, 6.45) is 9.63. The minimum atomic E-state index is 0.161. The van der Waals surface area contributed by atoms with Crippen molar-refractivity contribution in [2.75, 3.05) is 0 Å². The molecule has 116 valence electrons. The van der Waals surface area contributed by atoms with Crippen molar-refractivity contribution >= 4 is 5.78 Å². The lowest BCUT2D eigenvalue weighted by molar-refractivity contribution is 0.101. The highest BCUT2D eigenvalue weighted by Crippen LogP contribution is 2.41. The van der Waals surface area contributed by atoms with Gasteiger partial charge in [0.15, 0.2) is 5.78 Å². The molecule has 0 N–H and O–H groups in total. The summed E-state index contributed by atoms with van der Waals surface area (Å²) in [5, 5.41) is 0. The standard InChI is InChI=1S/C20H30O/c1-4-5-6-7-17-8-13-20(15(2)14-17)19-11-9-18(10-12-19)16(3)21/h9-12,15,17,20H,4-8,13-14H2,1-3H3. The Labute approximate surface area is 130 Å². The van der Waals surface area contributed by atoms with Crippen molar-refractivity contribution in [1.29, 1.82) is 0 Å². The van der Waals surface area contributed by atoms with Crippen molar-refractivity contribution in [3.8, 4) is 0 Å². The summed E-state index contributed by atoms with van der Waals surface area (Å²) in [5.74, 6) is 2.57. The molecule has 1 fully saturated rings. The Bertz CT molecular complexity index is 445. The van der Waals surface area contributed by atoms with Crippen LogP contribution < -0.4 is 0 Å². The normalized spacial score (nSPS) is 25.8. The quantitative estimate of drug-likeness (QED) is 0.463. The predicted molar refractivity (Wildman–Crippen MR) is 89.8 cm³/mol. The number of benzene rings is 1. The monoisotopic (exact) mass is 286 g/mol. The highest BCUT2D eigenvalue weighted by atomic mass is 16.1. The van der Waals surface area contributed by atoms with E-state index < -0.39 is 0 Å². The molecule has 0 aliphatic heterocycles. The van der Waals surface area contributed by atoms with Crippen molar-refractivity contribution in [2.24, 2.45) is 11.8 Å². The Morgan fingerprint density at radius 2 is 1.86 bits per heavy atom. The van der Waals surface area contributed by atoms with E-state index in [1.165, 1.54) is 50.5 Å². The molecule has 0 spiro atoms. The SMILES string of the molecule is CCCCCC1CCC(c2ccc(C(C)=O)cc2)C(C)C1.